The van der Waals surface area contributed by atoms with Crippen molar-refractivity contribution in [3.63, 3.8) is 0 Å². The monoisotopic (exact) mass is 330 g/mol. The highest BCUT2D eigenvalue weighted by Gasteiger charge is 2.21. The lowest BCUT2D eigenvalue weighted by Gasteiger charge is -2.21. The number of hydrogen-bond donors (Lipinski definition) is 1. The van der Waals surface area contributed by atoms with Gasteiger partial charge in [-0.15, -0.1) is 0 Å². The summed E-state index contributed by atoms with van der Waals surface area (Å²) in [5.74, 6) is 0.395. The van der Waals surface area contributed by atoms with Crippen LogP contribution in [0, 0.1) is 5.92 Å². The molecule has 0 fully saturated rings. The molecule has 1 aromatic rings. The van der Waals surface area contributed by atoms with Crippen LogP contribution in [0.4, 0.5) is 0 Å². The van der Waals surface area contributed by atoms with Gasteiger partial charge in [-0.2, -0.15) is 5.10 Å². The molecule has 0 aromatic carbocycles. The SMILES string of the molecule is CCCCC(CC)C(O)Cc1c(Br)c(CC)nn1C. The van der Waals surface area contributed by atoms with Crippen LogP contribution >= 0.6 is 15.9 Å². The van der Waals surface area contributed by atoms with E-state index in [9.17, 15) is 5.11 Å². The summed E-state index contributed by atoms with van der Waals surface area (Å²) in [6, 6.07) is 0. The van der Waals surface area contributed by atoms with Crippen molar-refractivity contribution in [3.8, 4) is 0 Å². The van der Waals surface area contributed by atoms with Crippen molar-refractivity contribution in [2.24, 2.45) is 13.0 Å². The molecule has 0 amide bonds. The molecule has 4 heteroatoms. The molecule has 110 valence electrons. The van der Waals surface area contributed by atoms with Gasteiger partial charge in [-0.1, -0.05) is 40.0 Å². The van der Waals surface area contributed by atoms with Gasteiger partial charge in [-0.25, -0.2) is 0 Å². The Morgan fingerprint density at radius 3 is 2.47 bits per heavy atom. The third-order valence-electron chi connectivity index (χ3n) is 3.90. The van der Waals surface area contributed by atoms with E-state index in [0.29, 0.717) is 12.3 Å². The molecule has 1 heterocycles. The fourth-order valence-electron chi connectivity index (χ4n) is 2.54. The van der Waals surface area contributed by atoms with E-state index in [1.165, 1.54) is 12.8 Å². The van der Waals surface area contributed by atoms with Crippen LogP contribution in [0.3, 0.4) is 0 Å². The van der Waals surface area contributed by atoms with E-state index in [1.54, 1.807) is 0 Å². The number of aliphatic hydroxyl groups excluding tert-OH is 1. The van der Waals surface area contributed by atoms with Gasteiger partial charge in [0.2, 0.25) is 0 Å². The first kappa shape index (κ1) is 16.7. The molecule has 0 spiro atoms. The number of aryl methyl sites for hydroxylation is 2. The van der Waals surface area contributed by atoms with Gasteiger partial charge in [0, 0.05) is 13.5 Å². The van der Waals surface area contributed by atoms with Crippen LogP contribution in [0.5, 0.6) is 0 Å². The third-order valence-corrected chi connectivity index (χ3v) is 4.82. The largest absolute Gasteiger partial charge is 0.392 e. The Balaban J connectivity index is 2.74. The predicted molar refractivity (Wildman–Crippen MR) is 83.3 cm³/mol. The molecule has 1 aromatic heterocycles. The average Bonchev–Trinajstić information content (AvgIpc) is 2.67. The second kappa shape index (κ2) is 8.05. The van der Waals surface area contributed by atoms with E-state index in [2.05, 4.69) is 41.8 Å². The van der Waals surface area contributed by atoms with Crippen molar-refractivity contribution in [3.05, 3.63) is 15.9 Å². The summed E-state index contributed by atoms with van der Waals surface area (Å²) in [5.41, 5.74) is 2.19. The fraction of sp³-hybridized carbons (Fsp3) is 0.800. The highest BCUT2D eigenvalue weighted by atomic mass is 79.9. The van der Waals surface area contributed by atoms with Gasteiger partial charge in [-0.05, 0) is 34.7 Å². The molecule has 0 aliphatic rings. The minimum Gasteiger partial charge on any atom is -0.392 e. The summed E-state index contributed by atoms with van der Waals surface area (Å²) >= 11 is 3.62. The van der Waals surface area contributed by atoms with Gasteiger partial charge in [0.15, 0.2) is 0 Å². The molecule has 3 nitrogen and oxygen atoms in total. The zero-order chi connectivity index (χ0) is 14.4. The Labute approximate surface area is 125 Å². The second-order valence-electron chi connectivity index (χ2n) is 5.27. The minimum atomic E-state index is -0.270. The quantitative estimate of drug-likeness (QED) is 0.785. The van der Waals surface area contributed by atoms with Gasteiger partial charge in [-0.3, -0.25) is 4.68 Å². The number of aliphatic hydroxyl groups is 1. The van der Waals surface area contributed by atoms with Crippen molar-refractivity contribution in [1.29, 1.82) is 0 Å². The van der Waals surface area contributed by atoms with Gasteiger partial charge in [0.05, 0.1) is 22.0 Å². The molecular formula is C15H27BrN2O. The summed E-state index contributed by atoms with van der Waals surface area (Å²) in [6.45, 7) is 6.47. The molecule has 0 saturated carbocycles. The zero-order valence-corrected chi connectivity index (χ0v) is 14.2. The van der Waals surface area contributed by atoms with Gasteiger partial charge in [0.1, 0.15) is 0 Å². The lowest BCUT2D eigenvalue weighted by Crippen LogP contribution is -2.23. The van der Waals surface area contributed by atoms with Gasteiger partial charge < -0.3 is 5.11 Å². The molecule has 0 saturated heterocycles. The first-order valence-electron chi connectivity index (χ1n) is 7.43. The first-order valence-corrected chi connectivity index (χ1v) is 8.22. The number of rotatable bonds is 8. The summed E-state index contributed by atoms with van der Waals surface area (Å²) in [7, 11) is 1.96. The van der Waals surface area contributed by atoms with Crippen LogP contribution in [0.15, 0.2) is 4.47 Å². The van der Waals surface area contributed by atoms with Crippen LogP contribution in [0.1, 0.15) is 57.8 Å². The molecule has 2 unspecified atom stereocenters. The van der Waals surface area contributed by atoms with Crippen LogP contribution in [-0.4, -0.2) is 21.0 Å². The third kappa shape index (κ3) is 4.32. The molecule has 0 aliphatic heterocycles. The summed E-state index contributed by atoms with van der Waals surface area (Å²) in [5, 5.41) is 14.9. The Hall–Kier alpha value is -0.350. The lowest BCUT2D eigenvalue weighted by atomic mass is 9.91. The summed E-state index contributed by atoms with van der Waals surface area (Å²) in [6.07, 6.45) is 5.87. The smallest absolute Gasteiger partial charge is 0.0766 e. The number of unbranched alkanes of at least 4 members (excludes halogenated alkanes) is 1. The number of aromatic nitrogens is 2. The van der Waals surface area contributed by atoms with Crippen LogP contribution < -0.4 is 0 Å². The van der Waals surface area contributed by atoms with Crippen LogP contribution in [0.25, 0.3) is 0 Å². The van der Waals surface area contributed by atoms with Crippen LogP contribution in [-0.2, 0) is 19.9 Å². The van der Waals surface area contributed by atoms with Crippen molar-refractivity contribution < 1.29 is 5.11 Å². The Morgan fingerprint density at radius 2 is 2.00 bits per heavy atom. The molecule has 1 rings (SSSR count). The van der Waals surface area contributed by atoms with Crippen molar-refractivity contribution in [2.45, 2.75) is 65.4 Å². The number of nitrogens with zero attached hydrogens (tertiary/aromatic N) is 2. The van der Waals surface area contributed by atoms with Gasteiger partial charge >= 0.3 is 0 Å². The standard InChI is InChI=1S/C15H27BrN2O/c1-5-8-9-11(6-2)14(19)10-13-15(16)12(7-3)17-18(13)4/h11,14,19H,5-10H2,1-4H3. The Morgan fingerprint density at radius 1 is 1.32 bits per heavy atom. The maximum Gasteiger partial charge on any atom is 0.0766 e. The van der Waals surface area contributed by atoms with E-state index in [4.69, 9.17) is 0 Å². The molecule has 0 radical (unpaired) electrons. The maximum atomic E-state index is 10.5. The second-order valence-corrected chi connectivity index (χ2v) is 6.06. The van der Waals surface area contributed by atoms with E-state index >= 15 is 0 Å². The van der Waals surface area contributed by atoms with Crippen LogP contribution in [0.2, 0.25) is 0 Å². The van der Waals surface area contributed by atoms with E-state index in [-0.39, 0.29) is 6.10 Å². The van der Waals surface area contributed by atoms with E-state index < -0.39 is 0 Å². The molecule has 0 bridgehead atoms. The highest BCUT2D eigenvalue weighted by Crippen LogP contribution is 2.26. The van der Waals surface area contributed by atoms with E-state index in [1.807, 2.05) is 11.7 Å². The highest BCUT2D eigenvalue weighted by molar-refractivity contribution is 9.10. The molecule has 0 aliphatic carbocycles. The zero-order valence-electron chi connectivity index (χ0n) is 12.6. The lowest BCUT2D eigenvalue weighted by molar-refractivity contribution is 0.0967. The fourth-order valence-corrected chi connectivity index (χ4v) is 3.32. The minimum absolute atomic E-state index is 0.270. The maximum absolute atomic E-state index is 10.5. The van der Waals surface area contributed by atoms with Crippen molar-refractivity contribution in [2.75, 3.05) is 0 Å². The molecule has 1 N–H and O–H groups in total. The number of hydrogen-bond acceptors (Lipinski definition) is 2. The number of halogens is 1. The normalized spacial score (nSPS) is 14.6. The molecular weight excluding hydrogens is 304 g/mol. The van der Waals surface area contributed by atoms with E-state index in [0.717, 1.165) is 35.1 Å². The summed E-state index contributed by atoms with van der Waals surface area (Å²) < 4.78 is 2.97. The van der Waals surface area contributed by atoms with Crippen molar-refractivity contribution >= 4 is 15.9 Å². The van der Waals surface area contributed by atoms with Gasteiger partial charge in [0.25, 0.3) is 0 Å². The predicted octanol–water partition coefficient (Wildman–Crippen LogP) is 3.86. The summed E-state index contributed by atoms with van der Waals surface area (Å²) in [4.78, 5) is 0. The first-order chi connectivity index (χ1) is 9.04. The molecule has 2 atom stereocenters. The average molecular weight is 331 g/mol. The Kier molecular flexibility index (Phi) is 7.08. The Bertz CT molecular complexity index is 390. The van der Waals surface area contributed by atoms with Crippen molar-refractivity contribution in [1.82, 2.24) is 9.78 Å². The molecule has 19 heavy (non-hydrogen) atoms. The topological polar surface area (TPSA) is 38.1 Å².